The van der Waals surface area contributed by atoms with Gasteiger partial charge in [0.05, 0.1) is 18.6 Å². The van der Waals surface area contributed by atoms with Crippen molar-refractivity contribution in [1.29, 1.82) is 0 Å². The Labute approximate surface area is 186 Å². The predicted octanol–water partition coefficient (Wildman–Crippen LogP) is 6.75. The topological polar surface area (TPSA) is 69.4 Å². The highest BCUT2D eigenvalue weighted by Gasteiger charge is 2.32. The summed E-state index contributed by atoms with van der Waals surface area (Å²) < 4.78 is 5.81. The predicted molar refractivity (Wildman–Crippen MR) is 128 cm³/mol. The van der Waals surface area contributed by atoms with Gasteiger partial charge in [-0.25, -0.2) is 4.79 Å². The molecule has 0 spiro atoms. The Morgan fingerprint density at radius 3 is 2.26 bits per heavy atom. The molecule has 0 unspecified atom stereocenters. The molecule has 0 aliphatic heterocycles. The Kier molecular flexibility index (Phi) is 8.33. The van der Waals surface area contributed by atoms with E-state index >= 15 is 0 Å². The average molecular weight is 440 g/mol. The maximum atomic E-state index is 12.7. The molecule has 2 aromatic carbocycles. The number of nitrogens with zero attached hydrogens (tertiary/aromatic N) is 1. The van der Waals surface area contributed by atoms with E-state index in [0.717, 1.165) is 19.3 Å². The second kappa shape index (κ2) is 10.5. The highest BCUT2D eigenvalue weighted by Crippen LogP contribution is 2.36. The lowest BCUT2D eigenvalue weighted by molar-refractivity contribution is -0.384. The molecule has 5 nitrogen and oxygen atoms in total. The van der Waals surface area contributed by atoms with Crippen LogP contribution in [0.1, 0.15) is 49.5 Å². The fraction of sp³-hybridized carbons (Fsp3) is 0.400. The quantitative estimate of drug-likeness (QED) is 0.188. The van der Waals surface area contributed by atoms with Crippen molar-refractivity contribution in [1.82, 2.24) is 0 Å². The molecule has 0 bridgehead atoms. The highest BCUT2D eigenvalue weighted by molar-refractivity contribution is 6.84. The third kappa shape index (κ3) is 7.47. The zero-order valence-corrected chi connectivity index (χ0v) is 20.1. The van der Waals surface area contributed by atoms with Gasteiger partial charge in [0.1, 0.15) is 6.10 Å². The van der Waals surface area contributed by atoms with E-state index in [-0.39, 0.29) is 16.8 Å². The summed E-state index contributed by atoms with van der Waals surface area (Å²) in [5.74, 6) is -0.459. The maximum absolute atomic E-state index is 12.7. The van der Waals surface area contributed by atoms with Crippen molar-refractivity contribution in [3.63, 3.8) is 0 Å². The molecular formula is C25H33NO4Si. The van der Waals surface area contributed by atoms with Crippen molar-refractivity contribution in [2.75, 3.05) is 0 Å². The zero-order valence-electron chi connectivity index (χ0n) is 19.1. The standard InChI is InChI=1S/C25H33NO4Si/c1-25(2,3)31(4,5)19-18-23(13-9-12-20-10-7-6-8-11-20)30-24(27)21-14-16-22(17-15-21)26(28)29/h6-8,10-11,14-19,23H,9,12-13H2,1-5H3/b19-18+/t23-/m0/s1. The molecule has 0 amide bonds. The normalized spacial score (nSPS) is 13.2. The van der Waals surface area contributed by atoms with Crippen molar-refractivity contribution in [3.05, 3.63) is 87.6 Å². The number of carbonyl (C=O) groups is 1. The minimum Gasteiger partial charge on any atom is -0.455 e. The molecule has 0 fully saturated rings. The van der Waals surface area contributed by atoms with E-state index in [1.807, 2.05) is 24.3 Å². The van der Waals surface area contributed by atoms with Crippen LogP contribution in [-0.4, -0.2) is 25.1 Å². The first-order chi connectivity index (χ1) is 14.5. The SMILES string of the molecule is CC(C)(C)[Si](C)(C)/C=C/[C@H](CCCc1ccccc1)OC(=O)c1ccc([N+](=O)[O-])cc1. The Morgan fingerprint density at radius 2 is 1.71 bits per heavy atom. The Morgan fingerprint density at radius 1 is 1.10 bits per heavy atom. The molecule has 31 heavy (non-hydrogen) atoms. The van der Waals surface area contributed by atoms with Gasteiger partial charge in [-0.05, 0) is 42.0 Å². The summed E-state index contributed by atoms with van der Waals surface area (Å²) in [5.41, 5.74) is 3.80. The van der Waals surface area contributed by atoms with Crippen molar-refractivity contribution < 1.29 is 14.5 Å². The van der Waals surface area contributed by atoms with E-state index in [0.29, 0.717) is 5.56 Å². The third-order valence-electron chi connectivity index (χ3n) is 6.03. The van der Waals surface area contributed by atoms with Gasteiger partial charge in [-0.1, -0.05) is 76.0 Å². The molecule has 0 heterocycles. The van der Waals surface area contributed by atoms with Gasteiger partial charge in [0.15, 0.2) is 0 Å². The molecule has 2 aromatic rings. The van der Waals surface area contributed by atoms with Gasteiger partial charge < -0.3 is 4.74 Å². The van der Waals surface area contributed by atoms with Crippen LogP contribution in [0.2, 0.25) is 18.1 Å². The number of esters is 1. The van der Waals surface area contributed by atoms with Gasteiger partial charge in [-0.15, -0.1) is 0 Å². The number of non-ortho nitro benzene ring substituents is 1. The van der Waals surface area contributed by atoms with Crippen LogP contribution in [0.4, 0.5) is 5.69 Å². The second-order valence-corrected chi connectivity index (χ2v) is 14.7. The Bertz CT molecular complexity index is 899. The van der Waals surface area contributed by atoms with Gasteiger partial charge in [0.2, 0.25) is 0 Å². The van der Waals surface area contributed by atoms with Crippen LogP contribution in [0.5, 0.6) is 0 Å². The fourth-order valence-corrected chi connectivity index (χ4v) is 4.06. The van der Waals surface area contributed by atoms with Crippen LogP contribution < -0.4 is 0 Å². The molecule has 0 aliphatic rings. The number of benzene rings is 2. The van der Waals surface area contributed by atoms with Gasteiger partial charge in [-0.2, -0.15) is 0 Å². The van der Waals surface area contributed by atoms with Gasteiger partial charge in [-0.3, -0.25) is 10.1 Å². The molecule has 0 saturated carbocycles. The smallest absolute Gasteiger partial charge is 0.338 e. The van der Waals surface area contributed by atoms with Gasteiger partial charge in [0, 0.05) is 12.1 Å². The summed E-state index contributed by atoms with van der Waals surface area (Å²) in [6.45, 7) is 11.4. The van der Waals surface area contributed by atoms with Gasteiger partial charge in [0.25, 0.3) is 5.69 Å². The lowest BCUT2D eigenvalue weighted by atomic mass is 10.1. The number of rotatable bonds is 9. The number of carbonyl (C=O) groups excluding carboxylic acids is 1. The van der Waals surface area contributed by atoms with Crippen LogP contribution in [-0.2, 0) is 11.2 Å². The van der Waals surface area contributed by atoms with Gasteiger partial charge >= 0.3 is 5.97 Å². The van der Waals surface area contributed by atoms with Crippen molar-refractivity contribution >= 4 is 19.7 Å². The molecule has 0 aromatic heterocycles. The van der Waals surface area contributed by atoms with E-state index in [9.17, 15) is 14.9 Å². The molecule has 166 valence electrons. The lowest BCUT2D eigenvalue weighted by Crippen LogP contribution is -2.35. The summed E-state index contributed by atoms with van der Waals surface area (Å²) in [5, 5.41) is 11.0. The molecule has 6 heteroatoms. The van der Waals surface area contributed by atoms with Crippen molar-refractivity contribution in [2.24, 2.45) is 0 Å². The van der Waals surface area contributed by atoms with E-state index < -0.39 is 19.0 Å². The number of hydrogen-bond donors (Lipinski definition) is 0. The molecular weight excluding hydrogens is 406 g/mol. The van der Waals surface area contributed by atoms with Crippen molar-refractivity contribution in [2.45, 2.75) is 64.3 Å². The molecule has 1 atom stereocenters. The average Bonchev–Trinajstić information content (AvgIpc) is 2.72. The molecule has 2 rings (SSSR count). The zero-order chi connectivity index (χ0) is 23.1. The first kappa shape index (κ1) is 24.5. The van der Waals surface area contributed by atoms with E-state index in [1.165, 1.54) is 29.8 Å². The molecule has 0 radical (unpaired) electrons. The number of hydrogen-bond acceptors (Lipinski definition) is 4. The van der Waals surface area contributed by atoms with Crippen LogP contribution in [0.25, 0.3) is 0 Å². The molecule has 0 aliphatic carbocycles. The van der Waals surface area contributed by atoms with Crippen LogP contribution >= 0.6 is 0 Å². The summed E-state index contributed by atoms with van der Waals surface area (Å²) in [4.78, 5) is 23.0. The lowest BCUT2D eigenvalue weighted by Gasteiger charge is -2.34. The first-order valence-corrected chi connectivity index (χ1v) is 13.8. The maximum Gasteiger partial charge on any atom is 0.338 e. The Balaban J connectivity index is 2.11. The van der Waals surface area contributed by atoms with Crippen LogP contribution in [0.15, 0.2) is 66.4 Å². The summed E-state index contributed by atoms with van der Waals surface area (Å²) in [6, 6.07) is 15.8. The minimum absolute atomic E-state index is 0.0474. The van der Waals surface area contributed by atoms with E-state index in [4.69, 9.17) is 4.74 Å². The van der Waals surface area contributed by atoms with Crippen LogP contribution in [0, 0.1) is 10.1 Å². The number of nitro benzene ring substituents is 1. The monoisotopic (exact) mass is 439 g/mol. The van der Waals surface area contributed by atoms with E-state index in [1.54, 1.807) is 0 Å². The summed E-state index contributed by atoms with van der Waals surface area (Å²) in [6.07, 6.45) is 4.25. The minimum atomic E-state index is -1.67. The summed E-state index contributed by atoms with van der Waals surface area (Å²) >= 11 is 0. The third-order valence-corrected chi connectivity index (χ3v) is 10.9. The first-order valence-electron chi connectivity index (χ1n) is 10.7. The summed E-state index contributed by atoms with van der Waals surface area (Å²) in [7, 11) is -1.67. The van der Waals surface area contributed by atoms with E-state index in [2.05, 4.69) is 51.7 Å². The number of nitro groups is 1. The number of ether oxygens (including phenoxy) is 1. The molecule has 0 N–H and O–H groups in total. The Hall–Kier alpha value is -2.73. The largest absolute Gasteiger partial charge is 0.455 e. The molecule has 0 saturated heterocycles. The fourth-order valence-electron chi connectivity index (χ4n) is 2.87. The second-order valence-electron chi connectivity index (χ2n) is 9.46. The van der Waals surface area contributed by atoms with Crippen molar-refractivity contribution in [3.8, 4) is 0 Å². The van der Waals surface area contributed by atoms with Crippen LogP contribution in [0.3, 0.4) is 0 Å². The number of aryl methyl sites for hydroxylation is 1. The highest BCUT2D eigenvalue weighted by atomic mass is 28.3.